The van der Waals surface area contributed by atoms with Crippen LogP contribution in [-0.4, -0.2) is 8.42 Å². The summed E-state index contributed by atoms with van der Waals surface area (Å²) in [5.41, 5.74) is 1.77. The molecular formula is C14H17NO3S. The summed E-state index contributed by atoms with van der Waals surface area (Å²) in [6.07, 6.45) is 0. The van der Waals surface area contributed by atoms with Crippen LogP contribution in [0.3, 0.4) is 0 Å². The molecule has 5 heteroatoms. The molecule has 0 fully saturated rings. The number of furan rings is 1. The van der Waals surface area contributed by atoms with E-state index >= 15 is 0 Å². The first-order valence-corrected chi connectivity index (χ1v) is 7.49. The number of hydrogen-bond acceptors (Lipinski definition) is 3. The lowest BCUT2D eigenvalue weighted by atomic mass is 10.2. The van der Waals surface area contributed by atoms with Gasteiger partial charge in [-0.1, -0.05) is 12.1 Å². The molecule has 1 heterocycles. The molecule has 2 aromatic rings. The van der Waals surface area contributed by atoms with Gasteiger partial charge < -0.3 is 4.42 Å². The lowest BCUT2D eigenvalue weighted by Crippen LogP contribution is -2.23. The Bertz CT molecular complexity index is 686. The predicted octanol–water partition coefficient (Wildman–Crippen LogP) is 2.68. The number of nitrogens with one attached hydrogen (secondary N) is 1. The van der Waals surface area contributed by atoms with E-state index in [-0.39, 0.29) is 11.4 Å². The number of sulfonamides is 1. The van der Waals surface area contributed by atoms with Crippen LogP contribution in [0.25, 0.3) is 0 Å². The van der Waals surface area contributed by atoms with Crippen LogP contribution in [0.5, 0.6) is 0 Å². The maximum Gasteiger partial charge on any atom is 0.240 e. The van der Waals surface area contributed by atoms with Crippen molar-refractivity contribution in [2.45, 2.75) is 32.2 Å². The maximum absolute atomic E-state index is 12.1. The molecule has 0 aliphatic rings. The van der Waals surface area contributed by atoms with E-state index in [1.165, 1.54) is 0 Å². The van der Waals surface area contributed by atoms with Crippen LogP contribution in [0.15, 0.2) is 39.6 Å². The molecule has 19 heavy (non-hydrogen) atoms. The summed E-state index contributed by atoms with van der Waals surface area (Å²) in [5.74, 6) is 1.52. The highest BCUT2D eigenvalue weighted by molar-refractivity contribution is 7.89. The fraction of sp³-hybridized carbons (Fsp3) is 0.286. The third-order valence-electron chi connectivity index (χ3n) is 2.90. The van der Waals surface area contributed by atoms with Gasteiger partial charge >= 0.3 is 0 Å². The van der Waals surface area contributed by atoms with Crippen LogP contribution >= 0.6 is 0 Å². The van der Waals surface area contributed by atoms with Gasteiger partial charge in [-0.15, -0.1) is 0 Å². The van der Waals surface area contributed by atoms with Crippen molar-refractivity contribution in [3.63, 3.8) is 0 Å². The molecule has 0 aliphatic carbocycles. The van der Waals surface area contributed by atoms with E-state index in [0.717, 1.165) is 22.6 Å². The SMILES string of the molecule is Cc1cccc(S(=O)(=O)NCc2cc(C)oc2C)c1. The van der Waals surface area contributed by atoms with E-state index in [1.54, 1.807) is 18.2 Å². The van der Waals surface area contributed by atoms with Gasteiger partial charge in [-0.05, 0) is 44.5 Å². The van der Waals surface area contributed by atoms with Gasteiger partial charge in [0.1, 0.15) is 11.5 Å². The lowest BCUT2D eigenvalue weighted by molar-refractivity contribution is 0.500. The zero-order valence-electron chi connectivity index (χ0n) is 11.2. The molecule has 0 atom stereocenters. The Balaban J connectivity index is 2.16. The molecule has 0 bridgehead atoms. The number of aryl methyl sites for hydroxylation is 3. The van der Waals surface area contributed by atoms with Gasteiger partial charge in [-0.3, -0.25) is 0 Å². The van der Waals surface area contributed by atoms with Crippen LogP contribution in [0.2, 0.25) is 0 Å². The third kappa shape index (κ3) is 3.24. The highest BCUT2D eigenvalue weighted by Gasteiger charge is 2.15. The molecule has 2 rings (SSSR count). The van der Waals surface area contributed by atoms with E-state index in [2.05, 4.69) is 4.72 Å². The standard InChI is InChI=1S/C14H17NO3S/c1-10-5-4-6-14(7-10)19(16,17)15-9-13-8-11(2)18-12(13)3/h4-8,15H,9H2,1-3H3. The molecule has 0 spiro atoms. The maximum atomic E-state index is 12.1. The molecule has 4 nitrogen and oxygen atoms in total. The largest absolute Gasteiger partial charge is 0.466 e. The smallest absolute Gasteiger partial charge is 0.240 e. The molecule has 0 amide bonds. The molecule has 0 radical (unpaired) electrons. The Morgan fingerprint density at radius 3 is 2.47 bits per heavy atom. The Morgan fingerprint density at radius 1 is 1.16 bits per heavy atom. The van der Waals surface area contributed by atoms with E-state index in [4.69, 9.17) is 4.42 Å². The monoisotopic (exact) mass is 279 g/mol. The normalized spacial score (nSPS) is 11.7. The Labute approximate surface area is 113 Å². The zero-order valence-corrected chi connectivity index (χ0v) is 12.0. The number of rotatable bonds is 4. The second-order valence-corrected chi connectivity index (χ2v) is 6.35. The van der Waals surface area contributed by atoms with Crippen LogP contribution < -0.4 is 4.72 Å². The minimum Gasteiger partial charge on any atom is -0.466 e. The van der Waals surface area contributed by atoms with Crippen molar-refractivity contribution >= 4 is 10.0 Å². The van der Waals surface area contributed by atoms with Gasteiger partial charge in [0.15, 0.2) is 0 Å². The first-order valence-electron chi connectivity index (χ1n) is 6.01. The minimum atomic E-state index is -3.48. The van der Waals surface area contributed by atoms with Crippen molar-refractivity contribution < 1.29 is 12.8 Å². The summed E-state index contributed by atoms with van der Waals surface area (Å²) in [7, 11) is -3.48. The second-order valence-electron chi connectivity index (χ2n) is 4.58. The summed E-state index contributed by atoms with van der Waals surface area (Å²) in [6.45, 7) is 5.76. The van der Waals surface area contributed by atoms with Crippen LogP contribution in [-0.2, 0) is 16.6 Å². The molecule has 1 aromatic carbocycles. The molecule has 0 aliphatic heterocycles. The van der Waals surface area contributed by atoms with Gasteiger partial charge in [0, 0.05) is 12.1 Å². The number of hydrogen-bond donors (Lipinski definition) is 1. The third-order valence-corrected chi connectivity index (χ3v) is 4.30. The Hall–Kier alpha value is -1.59. The molecule has 0 saturated heterocycles. The van der Waals surface area contributed by atoms with Crippen molar-refractivity contribution in [3.05, 3.63) is 53.0 Å². The average molecular weight is 279 g/mol. The van der Waals surface area contributed by atoms with Crippen molar-refractivity contribution in [2.75, 3.05) is 0 Å². The Kier molecular flexibility index (Phi) is 3.78. The molecule has 102 valence electrons. The summed E-state index contributed by atoms with van der Waals surface area (Å²) in [4.78, 5) is 0.283. The molecule has 1 aromatic heterocycles. The van der Waals surface area contributed by atoms with Crippen LogP contribution in [0.1, 0.15) is 22.6 Å². The fourth-order valence-corrected chi connectivity index (χ4v) is 3.01. The summed E-state index contributed by atoms with van der Waals surface area (Å²) >= 11 is 0. The van der Waals surface area contributed by atoms with E-state index in [0.29, 0.717) is 0 Å². The van der Waals surface area contributed by atoms with Crippen molar-refractivity contribution in [2.24, 2.45) is 0 Å². The van der Waals surface area contributed by atoms with Gasteiger partial charge in [0.2, 0.25) is 10.0 Å². The summed E-state index contributed by atoms with van der Waals surface area (Å²) < 4.78 is 32.2. The zero-order chi connectivity index (χ0) is 14.0. The van der Waals surface area contributed by atoms with Crippen molar-refractivity contribution in [1.29, 1.82) is 0 Å². The van der Waals surface area contributed by atoms with E-state index < -0.39 is 10.0 Å². The summed E-state index contributed by atoms with van der Waals surface area (Å²) in [5, 5.41) is 0. The van der Waals surface area contributed by atoms with E-state index in [9.17, 15) is 8.42 Å². The second kappa shape index (κ2) is 5.19. The van der Waals surface area contributed by atoms with Crippen LogP contribution in [0, 0.1) is 20.8 Å². The van der Waals surface area contributed by atoms with Crippen LogP contribution in [0.4, 0.5) is 0 Å². The molecular weight excluding hydrogens is 262 g/mol. The molecule has 0 unspecified atom stereocenters. The van der Waals surface area contributed by atoms with Gasteiger partial charge in [-0.25, -0.2) is 13.1 Å². The number of benzene rings is 1. The van der Waals surface area contributed by atoms with E-state index in [1.807, 2.05) is 32.9 Å². The van der Waals surface area contributed by atoms with Crippen molar-refractivity contribution in [3.8, 4) is 0 Å². The first kappa shape index (κ1) is 13.8. The Morgan fingerprint density at radius 2 is 1.89 bits per heavy atom. The van der Waals surface area contributed by atoms with Gasteiger partial charge in [-0.2, -0.15) is 0 Å². The molecule has 0 saturated carbocycles. The molecule has 1 N–H and O–H groups in total. The summed E-state index contributed by atoms with van der Waals surface area (Å²) in [6, 6.07) is 8.67. The van der Waals surface area contributed by atoms with Gasteiger partial charge in [0.05, 0.1) is 4.90 Å². The van der Waals surface area contributed by atoms with Crippen molar-refractivity contribution in [1.82, 2.24) is 4.72 Å². The lowest BCUT2D eigenvalue weighted by Gasteiger charge is -2.06. The quantitative estimate of drug-likeness (QED) is 0.936. The topological polar surface area (TPSA) is 59.3 Å². The highest BCUT2D eigenvalue weighted by atomic mass is 32.2. The highest BCUT2D eigenvalue weighted by Crippen LogP contribution is 2.15. The average Bonchev–Trinajstić information content (AvgIpc) is 2.65. The van der Waals surface area contributed by atoms with Gasteiger partial charge in [0.25, 0.3) is 0 Å². The fourth-order valence-electron chi connectivity index (χ4n) is 1.90. The predicted molar refractivity (Wildman–Crippen MR) is 73.4 cm³/mol. The minimum absolute atomic E-state index is 0.236. The first-order chi connectivity index (χ1) is 8.88.